The molecule has 21 heavy (non-hydrogen) atoms. The van der Waals surface area contributed by atoms with Crippen molar-refractivity contribution in [3.8, 4) is 11.8 Å². The minimum absolute atomic E-state index is 0.233. The van der Waals surface area contributed by atoms with E-state index in [9.17, 15) is 4.79 Å². The van der Waals surface area contributed by atoms with Gasteiger partial charge in [-0.05, 0) is 37.6 Å². The van der Waals surface area contributed by atoms with Gasteiger partial charge in [0, 0.05) is 18.2 Å². The van der Waals surface area contributed by atoms with E-state index in [4.69, 9.17) is 10.2 Å². The number of carbonyl (C=O) groups is 1. The third-order valence-corrected chi connectivity index (χ3v) is 2.92. The van der Waals surface area contributed by atoms with E-state index in [0.29, 0.717) is 23.8 Å². The molecule has 2 aromatic rings. The van der Waals surface area contributed by atoms with Crippen LogP contribution >= 0.6 is 0 Å². The van der Waals surface area contributed by atoms with Gasteiger partial charge in [0.15, 0.2) is 5.89 Å². The van der Waals surface area contributed by atoms with Gasteiger partial charge in [-0.2, -0.15) is 0 Å². The van der Waals surface area contributed by atoms with Crippen LogP contribution in [0.15, 0.2) is 22.6 Å². The third-order valence-electron chi connectivity index (χ3n) is 2.92. The third kappa shape index (κ3) is 3.50. The lowest BCUT2D eigenvalue weighted by molar-refractivity contribution is 0.0994. The van der Waals surface area contributed by atoms with Crippen molar-refractivity contribution >= 4 is 11.6 Å². The van der Waals surface area contributed by atoms with Crippen LogP contribution in [0.5, 0.6) is 0 Å². The minimum atomic E-state index is -0.312. The molecule has 1 aromatic carbocycles. The number of anilines is 1. The SMILES string of the molecule is Cc1nc(C)c(C(=O)Nc2ccc(C#CCN)c(C)c2)o1. The van der Waals surface area contributed by atoms with Gasteiger partial charge in [-0.25, -0.2) is 4.98 Å². The van der Waals surface area contributed by atoms with Crippen LogP contribution in [-0.4, -0.2) is 17.4 Å². The number of rotatable bonds is 2. The number of nitrogens with zero attached hydrogens (tertiary/aromatic N) is 1. The molecular formula is C16H17N3O2. The zero-order valence-electron chi connectivity index (χ0n) is 12.3. The topological polar surface area (TPSA) is 81.2 Å². The summed E-state index contributed by atoms with van der Waals surface area (Å²) in [5.41, 5.74) is 8.48. The number of hydrogen-bond donors (Lipinski definition) is 2. The second kappa shape index (κ2) is 6.25. The highest BCUT2D eigenvalue weighted by atomic mass is 16.4. The number of aromatic nitrogens is 1. The number of aryl methyl sites for hydroxylation is 3. The summed E-state index contributed by atoms with van der Waals surface area (Å²) in [6.45, 7) is 5.70. The number of amides is 1. The maximum absolute atomic E-state index is 12.1. The van der Waals surface area contributed by atoms with Crippen LogP contribution in [0.3, 0.4) is 0 Å². The number of benzene rings is 1. The molecule has 0 bridgehead atoms. The Morgan fingerprint density at radius 1 is 1.38 bits per heavy atom. The zero-order chi connectivity index (χ0) is 15.4. The number of nitrogens with two attached hydrogens (primary N) is 1. The molecule has 0 atom stereocenters. The molecule has 0 radical (unpaired) electrons. The summed E-state index contributed by atoms with van der Waals surface area (Å²) in [6.07, 6.45) is 0. The molecule has 1 amide bonds. The highest BCUT2D eigenvalue weighted by molar-refractivity contribution is 6.03. The second-order valence-electron chi connectivity index (χ2n) is 4.64. The fourth-order valence-electron chi connectivity index (χ4n) is 1.96. The average Bonchev–Trinajstić information content (AvgIpc) is 2.77. The van der Waals surface area contributed by atoms with Crippen molar-refractivity contribution in [2.45, 2.75) is 20.8 Å². The Balaban J connectivity index is 2.18. The lowest BCUT2D eigenvalue weighted by Gasteiger charge is -2.06. The molecule has 1 heterocycles. The predicted molar refractivity (Wildman–Crippen MR) is 81.0 cm³/mol. The predicted octanol–water partition coefficient (Wildman–Crippen LogP) is 2.16. The summed E-state index contributed by atoms with van der Waals surface area (Å²) < 4.78 is 5.30. The minimum Gasteiger partial charge on any atom is -0.436 e. The van der Waals surface area contributed by atoms with E-state index in [0.717, 1.165) is 11.1 Å². The van der Waals surface area contributed by atoms with Crippen molar-refractivity contribution in [3.63, 3.8) is 0 Å². The molecular weight excluding hydrogens is 266 g/mol. The molecule has 0 spiro atoms. The number of nitrogens with one attached hydrogen (secondary N) is 1. The Kier molecular flexibility index (Phi) is 4.41. The van der Waals surface area contributed by atoms with Gasteiger partial charge in [0.25, 0.3) is 5.91 Å². The van der Waals surface area contributed by atoms with E-state index in [1.54, 1.807) is 19.9 Å². The van der Waals surface area contributed by atoms with Crippen molar-refractivity contribution in [2.24, 2.45) is 5.73 Å². The first-order chi connectivity index (χ1) is 10.0. The van der Waals surface area contributed by atoms with Crippen LogP contribution in [0, 0.1) is 32.6 Å². The van der Waals surface area contributed by atoms with Crippen LogP contribution in [-0.2, 0) is 0 Å². The summed E-state index contributed by atoms with van der Waals surface area (Å²) >= 11 is 0. The molecule has 3 N–H and O–H groups in total. The molecule has 2 rings (SSSR count). The first kappa shape index (κ1) is 14.8. The van der Waals surface area contributed by atoms with Gasteiger partial charge in [0.05, 0.1) is 12.2 Å². The Morgan fingerprint density at radius 2 is 2.14 bits per heavy atom. The fraction of sp³-hybridized carbons (Fsp3) is 0.250. The van der Waals surface area contributed by atoms with Crippen LogP contribution in [0.1, 0.15) is 33.3 Å². The lowest BCUT2D eigenvalue weighted by Crippen LogP contribution is -2.12. The van der Waals surface area contributed by atoms with E-state index >= 15 is 0 Å². The van der Waals surface area contributed by atoms with Crippen LogP contribution < -0.4 is 11.1 Å². The summed E-state index contributed by atoms with van der Waals surface area (Å²) in [6, 6.07) is 5.51. The van der Waals surface area contributed by atoms with Gasteiger partial charge in [0.2, 0.25) is 5.76 Å². The van der Waals surface area contributed by atoms with E-state index in [-0.39, 0.29) is 11.7 Å². The highest BCUT2D eigenvalue weighted by Crippen LogP contribution is 2.17. The summed E-state index contributed by atoms with van der Waals surface area (Å²) in [7, 11) is 0. The maximum atomic E-state index is 12.1. The lowest BCUT2D eigenvalue weighted by atomic mass is 10.1. The van der Waals surface area contributed by atoms with Gasteiger partial charge >= 0.3 is 0 Å². The van der Waals surface area contributed by atoms with Crippen molar-refractivity contribution in [2.75, 3.05) is 11.9 Å². The normalized spacial score (nSPS) is 9.90. The van der Waals surface area contributed by atoms with Crippen molar-refractivity contribution in [1.82, 2.24) is 4.98 Å². The van der Waals surface area contributed by atoms with E-state index in [1.165, 1.54) is 0 Å². The Morgan fingerprint density at radius 3 is 2.71 bits per heavy atom. The molecule has 0 aliphatic rings. The first-order valence-corrected chi connectivity index (χ1v) is 6.56. The van der Waals surface area contributed by atoms with Gasteiger partial charge in [-0.1, -0.05) is 11.8 Å². The van der Waals surface area contributed by atoms with E-state index < -0.39 is 0 Å². The van der Waals surface area contributed by atoms with Crippen molar-refractivity contribution in [3.05, 3.63) is 46.7 Å². The number of hydrogen-bond acceptors (Lipinski definition) is 4. The summed E-state index contributed by atoms with van der Waals surface area (Å²) in [5.74, 6) is 6.18. The maximum Gasteiger partial charge on any atom is 0.293 e. The van der Waals surface area contributed by atoms with Crippen molar-refractivity contribution < 1.29 is 9.21 Å². The highest BCUT2D eigenvalue weighted by Gasteiger charge is 2.16. The van der Waals surface area contributed by atoms with Crippen LogP contribution in [0.25, 0.3) is 0 Å². The Labute approximate surface area is 123 Å². The molecule has 5 nitrogen and oxygen atoms in total. The van der Waals surface area contributed by atoms with Gasteiger partial charge in [-0.3, -0.25) is 4.79 Å². The molecule has 0 saturated heterocycles. The van der Waals surface area contributed by atoms with Crippen molar-refractivity contribution in [1.29, 1.82) is 0 Å². The first-order valence-electron chi connectivity index (χ1n) is 6.56. The number of oxazole rings is 1. The molecule has 0 saturated carbocycles. The van der Waals surface area contributed by atoms with Gasteiger partial charge in [-0.15, -0.1) is 0 Å². The quantitative estimate of drug-likeness (QED) is 0.828. The molecule has 0 aliphatic carbocycles. The van der Waals surface area contributed by atoms with Gasteiger partial charge < -0.3 is 15.5 Å². The molecule has 0 fully saturated rings. The molecule has 5 heteroatoms. The standard InChI is InChI=1S/C16H17N3O2/c1-10-9-14(7-6-13(10)5-4-8-17)19-16(20)15-11(2)18-12(3)21-15/h6-7,9H,8,17H2,1-3H3,(H,19,20). The van der Waals surface area contributed by atoms with E-state index in [1.807, 2.05) is 19.1 Å². The van der Waals surface area contributed by atoms with E-state index in [2.05, 4.69) is 22.1 Å². The second-order valence-corrected chi connectivity index (χ2v) is 4.64. The zero-order valence-corrected chi connectivity index (χ0v) is 12.3. The Hall–Kier alpha value is -2.58. The summed E-state index contributed by atoms with van der Waals surface area (Å²) in [4.78, 5) is 16.2. The van der Waals surface area contributed by atoms with Crippen LogP contribution in [0.4, 0.5) is 5.69 Å². The number of carbonyl (C=O) groups excluding carboxylic acids is 1. The molecule has 0 unspecified atom stereocenters. The smallest absolute Gasteiger partial charge is 0.293 e. The molecule has 108 valence electrons. The fourth-order valence-corrected chi connectivity index (χ4v) is 1.96. The average molecular weight is 283 g/mol. The summed E-state index contributed by atoms with van der Waals surface area (Å²) in [5, 5.41) is 2.79. The Bertz CT molecular complexity index is 736. The van der Waals surface area contributed by atoms with Gasteiger partial charge in [0.1, 0.15) is 0 Å². The van der Waals surface area contributed by atoms with Crippen LogP contribution in [0.2, 0.25) is 0 Å². The molecule has 0 aliphatic heterocycles. The largest absolute Gasteiger partial charge is 0.436 e. The monoisotopic (exact) mass is 283 g/mol. The molecule has 1 aromatic heterocycles.